The van der Waals surface area contributed by atoms with Crippen LogP contribution in [-0.2, 0) is 9.59 Å². The molecular formula is C14H18N2O4. The number of nitrogens with one attached hydrogen (secondary N) is 1. The SMILES string of the molecule is CCOc1ccccc1NC(=O)CN1CC(C(=O)O)C1. The molecule has 0 aliphatic carbocycles. The number of amides is 1. The Labute approximate surface area is 117 Å². The second-order valence-corrected chi connectivity index (χ2v) is 4.71. The van der Waals surface area contributed by atoms with Crippen LogP contribution in [0, 0.1) is 5.92 Å². The number of benzene rings is 1. The molecule has 1 amide bonds. The molecule has 1 saturated heterocycles. The lowest BCUT2D eigenvalue weighted by Crippen LogP contribution is -2.52. The number of carboxylic acids is 1. The van der Waals surface area contributed by atoms with E-state index in [0.29, 0.717) is 31.1 Å². The predicted molar refractivity (Wildman–Crippen MR) is 73.8 cm³/mol. The second kappa shape index (κ2) is 6.38. The number of likely N-dealkylation sites (tertiary alicyclic amines) is 1. The summed E-state index contributed by atoms with van der Waals surface area (Å²) in [4.78, 5) is 24.4. The van der Waals surface area contributed by atoms with Crippen molar-refractivity contribution in [3.63, 3.8) is 0 Å². The molecule has 2 rings (SSSR count). The van der Waals surface area contributed by atoms with E-state index in [9.17, 15) is 9.59 Å². The maximum Gasteiger partial charge on any atom is 0.309 e. The van der Waals surface area contributed by atoms with Crippen molar-refractivity contribution in [1.82, 2.24) is 4.90 Å². The van der Waals surface area contributed by atoms with E-state index in [1.54, 1.807) is 17.0 Å². The summed E-state index contributed by atoms with van der Waals surface area (Å²) in [5, 5.41) is 11.6. The molecule has 1 heterocycles. The van der Waals surface area contributed by atoms with Crippen molar-refractivity contribution in [3.05, 3.63) is 24.3 Å². The fraction of sp³-hybridized carbons (Fsp3) is 0.429. The number of para-hydroxylation sites is 2. The van der Waals surface area contributed by atoms with Crippen LogP contribution in [0.2, 0.25) is 0 Å². The summed E-state index contributed by atoms with van der Waals surface area (Å²) in [6.45, 7) is 3.46. The fourth-order valence-electron chi connectivity index (χ4n) is 2.10. The van der Waals surface area contributed by atoms with Gasteiger partial charge in [0.1, 0.15) is 5.75 Å². The van der Waals surface area contributed by atoms with Gasteiger partial charge in [0.15, 0.2) is 0 Å². The molecule has 0 spiro atoms. The van der Waals surface area contributed by atoms with Crippen molar-refractivity contribution >= 4 is 17.6 Å². The molecule has 2 N–H and O–H groups in total. The molecule has 1 aromatic rings. The molecule has 1 aliphatic rings. The summed E-state index contributed by atoms with van der Waals surface area (Å²) >= 11 is 0. The number of nitrogens with zero attached hydrogens (tertiary/aromatic N) is 1. The van der Waals surface area contributed by atoms with Crippen LogP contribution in [-0.4, -0.2) is 48.1 Å². The third-order valence-electron chi connectivity index (χ3n) is 3.13. The van der Waals surface area contributed by atoms with Gasteiger partial charge in [-0.15, -0.1) is 0 Å². The lowest BCUT2D eigenvalue weighted by atomic mass is 10.0. The zero-order valence-corrected chi connectivity index (χ0v) is 11.3. The smallest absolute Gasteiger partial charge is 0.309 e. The molecule has 0 aromatic heterocycles. The van der Waals surface area contributed by atoms with Crippen LogP contribution in [0.1, 0.15) is 6.92 Å². The monoisotopic (exact) mass is 278 g/mol. The molecule has 108 valence electrons. The van der Waals surface area contributed by atoms with Crippen molar-refractivity contribution in [1.29, 1.82) is 0 Å². The number of carbonyl (C=O) groups is 2. The number of carbonyl (C=O) groups excluding carboxylic acids is 1. The van der Waals surface area contributed by atoms with E-state index < -0.39 is 5.97 Å². The lowest BCUT2D eigenvalue weighted by Gasteiger charge is -2.35. The molecule has 1 aromatic carbocycles. The highest BCUT2D eigenvalue weighted by atomic mass is 16.5. The average molecular weight is 278 g/mol. The van der Waals surface area contributed by atoms with Crippen molar-refractivity contribution in [2.45, 2.75) is 6.92 Å². The summed E-state index contributed by atoms with van der Waals surface area (Å²) in [5.74, 6) is -0.682. The zero-order valence-electron chi connectivity index (χ0n) is 11.3. The van der Waals surface area contributed by atoms with Crippen molar-refractivity contribution in [2.24, 2.45) is 5.92 Å². The molecule has 0 atom stereocenters. The van der Waals surface area contributed by atoms with Crippen molar-refractivity contribution in [3.8, 4) is 5.75 Å². The van der Waals surface area contributed by atoms with Gasteiger partial charge in [0, 0.05) is 13.1 Å². The number of hydrogen-bond donors (Lipinski definition) is 2. The molecule has 0 saturated carbocycles. The molecule has 1 fully saturated rings. The van der Waals surface area contributed by atoms with Crippen LogP contribution in [0.15, 0.2) is 24.3 Å². The van der Waals surface area contributed by atoms with Gasteiger partial charge in [0.2, 0.25) is 5.91 Å². The fourth-order valence-corrected chi connectivity index (χ4v) is 2.10. The summed E-state index contributed by atoms with van der Waals surface area (Å²) in [6.07, 6.45) is 0. The first-order valence-electron chi connectivity index (χ1n) is 6.57. The Hall–Kier alpha value is -2.08. The molecule has 6 nitrogen and oxygen atoms in total. The molecular weight excluding hydrogens is 260 g/mol. The standard InChI is InChI=1S/C14H18N2O4/c1-2-20-12-6-4-3-5-11(12)15-13(17)9-16-7-10(8-16)14(18)19/h3-6,10H,2,7-9H2,1H3,(H,15,17)(H,18,19). The minimum absolute atomic E-state index is 0.166. The molecule has 0 radical (unpaired) electrons. The van der Waals surface area contributed by atoms with Gasteiger partial charge in [-0.25, -0.2) is 0 Å². The first-order valence-corrected chi connectivity index (χ1v) is 6.57. The number of aliphatic carboxylic acids is 1. The summed E-state index contributed by atoms with van der Waals surface area (Å²) in [6, 6.07) is 7.23. The molecule has 0 bridgehead atoms. The van der Waals surface area contributed by atoms with Crippen LogP contribution in [0.25, 0.3) is 0 Å². The number of carboxylic acid groups (broad SMARTS) is 1. The van der Waals surface area contributed by atoms with Crippen molar-refractivity contribution in [2.75, 3.05) is 31.6 Å². The van der Waals surface area contributed by atoms with E-state index in [0.717, 1.165) is 0 Å². The molecule has 0 unspecified atom stereocenters. The Kier molecular flexibility index (Phi) is 4.57. The normalized spacial score (nSPS) is 15.4. The largest absolute Gasteiger partial charge is 0.492 e. The van der Waals surface area contributed by atoms with Gasteiger partial charge in [0.25, 0.3) is 0 Å². The first kappa shape index (κ1) is 14.3. The highest BCUT2D eigenvalue weighted by molar-refractivity contribution is 5.93. The van der Waals surface area contributed by atoms with E-state index >= 15 is 0 Å². The molecule has 20 heavy (non-hydrogen) atoms. The maximum absolute atomic E-state index is 11.9. The number of hydrogen-bond acceptors (Lipinski definition) is 4. The van der Waals surface area contributed by atoms with E-state index in [1.165, 1.54) is 0 Å². The van der Waals surface area contributed by atoms with Gasteiger partial charge in [-0.3, -0.25) is 14.5 Å². The van der Waals surface area contributed by atoms with E-state index in [4.69, 9.17) is 9.84 Å². The van der Waals surface area contributed by atoms with E-state index in [-0.39, 0.29) is 18.4 Å². The summed E-state index contributed by atoms with van der Waals surface area (Å²) in [7, 11) is 0. The summed E-state index contributed by atoms with van der Waals surface area (Å²) < 4.78 is 5.43. The van der Waals surface area contributed by atoms with E-state index in [1.807, 2.05) is 19.1 Å². The maximum atomic E-state index is 11.9. The second-order valence-electron chi connectivity index (χ2n) is 4.71. The number of rotatable bonds is 6. The highest BCUT2D eigenvalue weighted by Crippen LogP contribution is 2.24. The third kappa shape index (κ3) is 3.48. The Morgan fingerprint density at radius 3 is 2.75 bits per heavy atom. The van der Waals surface area contributed by atoms with Gasteiger partial charge in [-0.2, -0.15) is 0 Å². The van der Waals surface area contributed by atoms with Gasteiger partial charge in [0.05, 0.1) is 24.8 Å². The number of anilines is 1. The molecule has 6 heteroatoms. The predicted octanol–water partition coefficient (Wildman–Crippen LogP) is 1.04. The third-order valence-corrected chi connectivity index (χ3v) is 3.13. The highest BCUT2D eigenvalue weighted by Gasteiger charge is 2.33. The molecule has 1 aliphatic heterocycles. The van der Waals surface area contributed by atoms with Crippen LogP contribution < -0.4 is 10.1 Å². The zero-order chi connectivity index (χ0) is 14.5. The minimum atomic E-state index is -0.802. The van der Waals surface area contributed by atoms with Gasteiger partial charge < -0.3 is 15.2 Å². The van der Waals surface area contributed by atoms with Crippen LogP contribution in [0.3, 0.4) is 0 Å². The lowest BCUT2D eigenvalue weighted by molar-refractivity contribution is -0.148. The van der Waals surface area contributed by atoms with Gasteiger partial charge >= 0.3 is 5.97 Å². The quantitative estimate of drug-likeness (QED) is 0.813. The Bertz CT molecular complexity index is 498. The first-order chi connectivity index (χ1) is 9.60. The topological polar surface area (TPSA) is 78.9 Å². The van der Waals surface area contributed by atoms with Crippen LogP contribution in [0.5, 0.6) is 5.75 Å². The van der Waals surface area contributed by atoms with Crippen molar-refractivity contribution < 1.29 is 19.4 Å². The minimum Gasteiger partial charge on any atom is -0.492 e. The van der Waals surface area contributed by atoms with Gasteiger partial charge in [-0.1, -0.05) is 12.1 Å². The Morgan fingerprint density at radius 1 is 1.40 bits per heavy atom. The van der Waals surface area contributed by atoms with Gasteiger partial charge in [-0.05, 0) is 19.1 Å². The summed E-state index contributed by atoms with van der Waals surface area (Å²) in [5.41, 5.74) is 0.634. The average Bonchev–Trinajstić information content (AvgIpc) is 2.35. The number of ether oxygens (including phenoxy) is 1. The van der Waals surface area contributed by atoms with E-state index in [2.05, 4.69) is 5.32 Å². The Balaban J connectivity index is 1.85. The van der Waals surface area contributed by atoms with Crippen LogP contribution in [0.4, 0.5) is 5.69 Å². The van der Waals surface area contributed by atoms with Crippen LogP contribution >= 0.6 is 0 Å². The Morgan fingerprint density at radius 2 is 2.10 bits per heavy atom.